The van der Waals surface area contributed by atoms with Crippen LogP contribution >= 0.6 is 0 Å². The first-order valence-corrected chi connectivity index (χ1v) is 6.75. The Kier molecular flexibility index (Phi) is 4.86. The van der Waals surface area contributed by atoms with Crippen LogP contribution in [0.15, 0.2) is 6.20 Å². The van der Waals surface area contributed by atoms with Crippen LogP contribution in [0.2, 0.25) is 0 Å². The molecule has 0 bridgehead atoms. The number of likely N-dealkylation sites (N-methyl/N-ethyl adjacent to an activating group) is 1. The third-order valence-electron chi connectivity index (χ3n) is 3.52. The molecule has 9 heteroatoms. The largest absolute Gasteiger partial charge is 0.481 e. The fourth-order valence-electron chi connectivity index (χ4n) is 2.42. The van der Waals surface area contributed by atoms with Gasteiger partial charge < -0.3 is 20.5 Å². The van der Waals surface area contributed by atoms with Crippen LogP contribution in [0.25, 0.3) is 0 Å². The Balaban J connectivity index is 2.06. The van der Waals surface area contributed by atoms with Crippen molar-refractivity contribution in [2.75, 3.05) is 19.8 Å². The van der Waals surface area contributed by atoms with Gasteiger partial charge in [0.25, 0.3) is 0 Å². The van der Waals surface area contributed by atoms with Gasteiger partial charge in [0.05, 0.1) is 31.1 Å². The second-order valence-corrected chi connectivity index (χ2v) is 4.84. The smallest absolute Gasteiger partial charge is 0.311 e. The molecule has 1 aromatic rings. The molecule has 1 aliphatic rings. The van der Waals surface area contributed by atoms with E-state index in [0.717, 1.165) is 0 Å². The third kappa shape index (κ3) is 3.37. The van der Waals surface area contributed by atoms with Gasteiger partial charge in [0.1, 0.15) is 12.5 Å². The van der Waals surface area contributed by atoms with E-state index in [1.807, 2.05) is 6.92 Å². The van der Waals surface area contributed by atoms with Crippen molar-refractivity contribution in [3.63, 3.8) is 0 Å². The van der Waals surface area contributed by atoms with Crippen molar-refractivity contribution in [2.45, 2.75) is 26.1 Å². The van der Waals surface area contributed by atoms with Crippen LogP contribution in [0.4, 0.5) is 0 Å². The van der Waals surface area contributed by atoms with Crippen LogP contribution in [0.5, 0.6) is 0 Å². The normalized spacial score (nSPS) is 21.4. The molecule has 116 valence electrons. The predicted octanol–water partition coefficient (Wildman–Crippen LogP) is -1.32. The molecule has 1 amide bonds. The number of aliphatic carboxylic acids is 1. The topological polar surface area (TPSA) is 124 Å². The molecule has 1 fully saturated rings. The number of carboxylic acid groups (broad SMARTS) is 1. The molecular formula is C12H19N5O4. The van der Waals surface area contributed by atoms with Gasteiger partial charge in [-0.05, 0) is 6.92 Å². The summed E-state index contributed by atoms with van der Waals surface area (Å²) >= 11 is 0. The summed E-state index contributed by atoms with van der Waals surface area (Å²) < 4.78 is 6.61. The van der Waals surface area contributed by atoms with Crippen LogP contribution in [0.1, 0.15) is 12.6 Å². The molecule has 0 spiro atoms. The third-order valence-corrected chi connectivity index (χ3v) is 3.52. The summed E-state index contributed by atoms with van der Waals surface area (Å²) in [5, 5.41) is 16.8. The first-order valence-electron chi connectivity index (χ1n) is 6.75. The van der Waals surface area contributed by atoms with Gasteiger partial charge in [-0.15, -0.1) is 5.10 Å². The maximum absolute atomic E-state index is 12.4. The molecule has 1 aliphatic heterocycles. The summed E-state index contributed by atoms with van der Waals surface area (Å²) in [7, 11) is 0. The maximum Gasteiger partial charge on any atom is 0.311 e. The van der Waals surface area contributed by atoms with Crippen molar-refractivity contribution in [3.05, 3.63) is 11.9 Å². The predicted molar refractivity (Wildman–Crippen MR) is 71.0 cm³/mol. The van der Waals surface area contributed by atoms with Gasteiger partial charge in [-0.3, -0.25) is 9.59 Å². The summed E-state index contributed by atoms with van der Waals surface area (Å²) in [4.78, 5) is 25.1. The average molecular weight is 297 g/mol. The molecular weight excluding hydrogens is 278 g/mol. The van der Waals surface area contributed by atoms with Crippen molar-refractivity contribution in [3.8, 4) is 0 Å². The molecule has 1 aromatic heterocycles. The minimum Gasteiger partial charge on any atom is -0.481 e. The minimum absolute atomic E-state index is 0.00365. The second kappa shape index (κ2) is 6.64. The SMILES string of the molecule is CCN(C(=O)Cn1cc(CN)nn1)C1COCC1C(=O)O. The van der Waals surface area contributed by atoms with Crippen molar-refractivity contribution < 1.29 is 19.4 Å². The number of nitrogens with zero attached hydrogens (tertiary/aromatic N) is 4. The van der Waals surface area contributed by atoms with Crippen LogP contribution in [-0.2, 0) is 27.4 Å². The molecule has 0 aromatic carbocycles. The monoisotopic (exact) mass is 297 g/mol. The summed E-state index contributed by atoms with van der Waals surface area (Å²) in [6, 6.07) is -0.447. The lowest BCUT2D eigenvalue weighted by Crippen LogP contribution is -2.47. The molecule has 0 saturated carbocycles. The van der Waals surface area contributed by atoms with E-state index in [2.05, 4.69) is 10.3 Å². The number of carbonyl (C=O) groups excluding carboxylic acids is 1. The van der Waals surface area contributed by atoms with E-state index < -0.39 is 17.9 Å². The van der Waals surface area contributed by atoms with E-state index in [0.29, 0.717) is 12.2 Å². The Hall–Kier alpha value is -2.00. The van der Waals surface area contributed by atoms with E-state index in [4.69, 9.17) is 10.5 Å². The molecule has 0 radical (unpaired) electrons. The highest BCUT2D eigenvalue weighted by Crippen LogP contribution is 2.20. The van der Waals surface area contributed by atoms with Gasteiger partial charge >= 0.3 is 5.97 Å². The van der Waals surface area contributed by atoms with Gasteiger partial charge in [0, 0.05) is 13.1 Å². The summed E-state index contributed by atoms with van der Waals surface area (Å²) in [5.41, 5.74) is 6.03. The van der Waals surface area contributed by atoms with E-state index in [-0.39, 0.29) is 32.2 Å². The van der Waals surface area contributed by atoms with E-state index in [9.17, 15) is 14.7 Å². The highest BCUT2D eigenvalue weighted by Gasteiger charge is 2.39. The average Bonchev–Trinajstić information content (AvgIpc) is 3.08. The van der Waals surface area contributed by atoms with Gasteiger partial charge in [-0.25, -0.2) is 4.68 Å². The van der Waals surface area contributed by atoms with Gasteiger partial charge in [-0.2, -0.15) is 0 Å². The second-order valence-electron chi connectivity index (χ2n) is 4.84. The first kappa shape index (κ1) is 15.4. The molecule has 2 rings (SSSR count). The van der Waals surface area contributed by atoms with Crippen LogP contribution in [0, 0.1) is 5.92 Å². The number of carboxylic acids is 1. The Labute approximate surface area is 121 Å². The fraction of sp³-hybridized carbons (Fsp3) is 0.667. The van der Waals surface area contributed by atoms with Gasteiger partial charge in [0.15, 0.2) is 0 Å². The first-order chi connectivity index (χ1) is 10.1. The summed E-state index contributed by atoms with van der Waals surface area (Å²) in [5.74, 6) is -1.85. The number of nitrogens with two attached hydrogens (primary N) is 1. The fourth-order valence-corrected chi connectivity index (χ4v) is 2.42. The molecule has 2 atom stereocenters. The molecule has 1 saturated heterocycles. The number of hydrogen-bond acceptors (Lipinski definition) is 6. The lowest BCUT2D eigenvalue weighted by molar-refractivity contribution is -0.145. The van der Waals surface area contributed by atoms with E-state index in [1.54, 1.807) is 6.20 Å². The summed E-state index contributed by atoms with van der Waals surface area (Å²) in [6.07, 6.45) is 1.60. The van der Waals surface area contributed by atoms with Crippen LogP contribution in [-0.4, -0.2) is 62.7 Å². The number of carbonyl (C=O) groups is 2. The Morgan fingerprint density at radius 2 is 2.33 bits per heavy atom. The number of rotatable bonds is 6. The number of hydrogen-bond donors (Lipinski definition) is 2. The lowest BCUT2D eigenvalue weighted by Gasteiger charge is -2.29. The quantitative estimate of drug-likeness (QED) is 0.667. The Bertz CT molecular complexity index is 518. The molecule has 2 heterocycles. The number of aromatic nitrogens is 3. The lowest BCUT2D eigenvalue weighted by atomic mass is 10.0. The zero-order chi connectivity index (χ0) is 15.4. The van der Waals surface area contributed by atoms with Crippen LogP contribution < -0.4 is 5.73 Å². The number of amides is 1. The van der Waals surface area contributed by atoms with E-state index in [1.165, 1.54) is 9.58 Å². The Morgan fingerprint density at radius 1 is 1.57 bits per heavy atom. The molecule has 3 N–H and O–H groups in total. The Morgan fingerprint density at radius 3 is 2.90 bits per heavy atom. The maximum atomic E-state index is 12.4. The van der Waals surface area contributed by atoms with Crippen molar-refractivity contribution >= 4 is 11.9 Å². The zero-order valence-electron chi connectivity index (χ0n) is 11.8. The number of ether oxygens (including phenoxy) is 1. The van der Waals surface area contributed by atoms with Crippen LogP contribution in [0.3, 0.4) is 0 Å². The summed E-state index contributed by atoms with van der Waals surface area (Å²) in [6.45, 7) is 2.84. The molecule has 0 aliphatic carbocycles. The van der Waals surface area contributed by atoms with Gasteiger partial charge in [-0.1, -0.05) is 5.21 Å². The van der Waals surface area contributed by atoms with Gasteiger partial charge in [0.2, 0.25) is 5.91 Å². The zero-order valence-corrected chi connectivity index (χ0v) is 11.8. The highest BCUT2D eigenvalue weighted by molar-refractivity contribution is 5.78. The van der Waals surface area contributed by atoms with E-state index >= 15 is 0 Å². The van der Waals surface area contributed by atoms with Crippen molar-refractivity contribution in [1.29, 1.82) is 0 Å². The molecule has 2 unspecified atom stereocenters. The molecule has 9 nitrogen and oxygen atoms in total. The minimum atomic E-state index is -0.949. The molecule has 21 heavy (non-hydrogen) atoms. The standard InChI is InChI=1S/C12H19N5O4/c1-2-17(10-7-21-6-9(10)12(19)20)11(18)5-16-4-8(3-13)14-15-16/h4,9-10H,2-3,5-7,13H2,1H3,(H,19,20). The van der Waals surface area contributed by atoms with Crippen molar-refractivity contribution in [1.82, 2.24) is 19.9 Å². The highest BCUT2D eigenvalue weighted by atomic mass is 16.5. The van der Waals surface area contributed by atoms with Crippen molar-refractivity contribution in [2.24, 2.45) is 11.7 Å².